The van der Waals surface area contributed by atoms with Gasteiger partial charge in [-0.1, -0.05) is 24.3 Å². The summed E-state index contributed by atoms with van der Waals surface area (Å²) in [5, 5.41) is 4.36. The molecule has 0 atom stereocenters. The maximum Gasteiger partial charge on any atom is 0.0562 e. The molecule has 0 spiro atoms. The van der Waals surface area contributed by atoms with Crippen molar-refractivity contribution in [2.45, 2.75) is 27.7 Å². The second-order valence-corrected chi connectivity index (χ2v) is 6.17. The first kappa shape index (κ1) is 16.1. The third kappa shape index (κ3) is 3.25. The maximum atomic E-state index is 4.36. The van der Waals surface area contributed by atoms with Gasteiger partial charge in [-0.25, -0.2) is 0 Å². The lowest BCUT2D eigenvalue weighted by molar-refractivity contribution is 0.961. The minimum atomic E-state index is 0.983. The van der Waals surface area contributed by atoms with Crippen LogP contribution in [0.4, 0.5) is 5.69 Å². The van der Waals surface area contributed by atoms with E-state index >= 15 is 0 Å². The van der Waals surface area contributed by atoms with Gasteiger partial charge in [-0.2, -0.15) is 5.10 Å². The monoisotopic (exact) mass is 317 g/mol. The fraction of sp³-hybridized carbons (Fsp3) is 0.190. The lowest BCUT2D eigenvalue weighted by Gasteiger charge is -2.11. The molecule has 0 aliphatic carbocycles. The molecule has 0 amide bonds. The molecule has 0 bridgehead atoms. The molecule has 24 heavy (non-hydrogen) atoms. The lowest BCUT2D eigenvalue weighted by atomic mass is 10.1. The van der Waals surface area contributed by atoms with Crippen LogP contribution in [0.15, 0.2) is 59.7 Å². The number of para-hydroxylation sites is 1. The molecule has 1 heterocycles. The molecule has 3 aromatic rings. The predicted octanol–water partition coefficient (Wildman–Crippen LogP) is 5.16. The summed E-state index contributed by atoms with van der Waals surface area (Å²) in [5.41, 5.74) is 11.4. The van der Waals surface area contributed by atoms with Crippen LogP contribution in [-0.2, 0) is 0 Å². The van der Waals surface area contributed by atoms with Gasteiger partial charge in [0.2, 0.25) is 0 Å². The number of nitrogens with zero attached hydrogens (tertiary/aromatic N) is 2. The third-order valence-electron chi connectivity index (χ3n) is 4.39. The smallest absolute Gasteiger partial charge is 0.0562 e. The van der Waals surface area contributed by atoms with E-state index in [0.29, 0.717) is 0 Å². The summed E-state index contributed by atoms with van der Waals surface area (Å²) in [7, 11) is 0. The standard InChI is InChI=1S/C21H23N3/c1-15-10-11-21(12-16(15)2)24-17(3)13-19(18(24)4)14-22-23-20-8-6-5-7-9-20/h5-14,23H,1-4H3/b22-14-. The molecule has 1 aromatic heterocycles. The minimum Gasteiger partial charge on any atom is -0.318 e. The van der Waals surface area contributed by atoms with Gasteiger partial charge in [-0.15, -0.1) is 0 Å². The highest BCUT2D eigenvalue weighted by Crippen LogP contribution is 2.22. The third-order valence-corrected chi connectivity index (χ3v) is 4.39. The van der Waals surface area contributed by atoms with E-state index < -0.39 is 0 Å². The minimum absolute atomic E-state index is 0.983. The number of hydrogen-bond donors (Lipinski definition) is 1. The van der Waals surface area contributed by atoms with Crippen molar-refractivity contribution in [3.05, 3.63) is 82.7 Å². The summed E-state index contributed by atoms with van der Waals surface area (Å²) in [5.74, 6) is 0. The van der Waals surface area contributed by atoms with E-state index in [0.717, 1.165) is 11.3 Å². The van der Waals surface area contributed by atoms with E-state index in [1.54, 1.807) is 0 Å². The molecule has 0 saturated carbocycles. The molecule has 3 heteroatoms. The van der Waals surface area contributed by atoms with Crippen molar-refractivity contribution >= 4 is 11.9 Å². The van der Waals surface area contributed by atoms with Crippen LogP contribution in [0.2, 0.25) is 0 Å². The second kappa shape index (κ2) is 6.75. The number of rotatable bonds is 4. The lowest BCUT2D eigenvalue weighted by Crippen LogP contribution is -2.00. The molecule has 0 aliphatic rings. The van der Waals surface area contributed by atoms with Crippen molar-refractivity contribution in [2.24, 2.45) is 5.10 Å². The van der Waals surface area contributed by atoms with Crippen LogP contribution in [-0.4, -0.2) is 10.8 Å². The van der Waals surface area contributed by atoms with Gasteiger partial charge in [0.05, 0.1) is 11.9 Å². The SMILES string of the molecule is Cc1ccc(-n2c(C)cc(/C=N\Nc3ccccc3)c2C)cc1C. The zero-order valence-electron chi connectivity index (χ0n) is 14.7. The summed E-state index contributed by atoms with van der Waals surface area (Å²) in [6, 6.07) is 18.7. The van der Waals surface area contributed by atoms with E-state index in [1.807, 2.05) is 36.5 Å². The van der Waals surface area contributed by atoms with Gasteiger partial charge in [0.25, 0.3) is 0 Å². The number of anilines is 1. The van der Waals surface area contributed by atoms with E-state index in [9.17, 15) is 0 Å². The Labute approximate surface area is 143 Å². The van der Waals surface area contributed by atoms with E-state index in [2.05, 4.69) is 67.1 Å². The fourth-order valence-electron chi connectivity index (χ4n) is 2.87. The number of hydrogen-bond acceptors (Lipinski definition) is 2. The molecule has 1 N–H and O–H groups in total. The highest BCUT2D eigenvalue weighted by Gasteiger charge is 2.10. The van der Waals surface area contributed by atoms with Crippen LogP contribution < -0.4 is 5.43 Å². The zero-order chi connectivity index (χ0) is 17.1. The summed E-state index contributed by atoms with van der Waals surface area (Å²) in [6.07, 6.45) is 1.88. The number of aromatic nitrogens is 1. The van der Waals surface area contributed by atoms with Crippen LogP contribution >= 0.6 is 0 Å². The summed E-state index contributed by atoms with van der Waals surface area (Å²) < 4.78 is 2.27. The molecular formula is C21H23N3. The topological polar surface area (TPSA) is 29.3 Å². The molecule has 0 saturated heterocycles. The maximum absolute atomic E-state index is 4.36. The van der Waals surface area contributed by atoms with Crippen molar-refractivity contribution in [3.8, 4) is 5.69 Å². The van der Waals surface area contributed by atoms with Gasteiger partial charge < -0.3 is 4.57 Å². The van der Waals surface area contributed by atoms with Gasteiger partial charge in [-0.05, 0) is 69.2 Å². The average Bonchev–Trinajstić information content (AvgIpc) is 2.85. The summed E-state index contributed by atoms with van der Waals surface area (Å²) >= 11 is 0. The van der Waals surface area contributed by atoms with Crippen molar-refractivity contribution in [1.29, 1.82) is 0 Å². The van der Waals surface area contributed by atoms with Crippen molar-refractivity contribution in [2.75, 3.05) is 5.43 Å². The summed E-state index contributed by atoms with van der Waals surface area (Å²) in [4.78, 5) is 0. The van der Waals surface area contributed by atoms with Crippen LogP contribution in [0.3, 0.4) is 0 Å². The summed E-state index contributed by atoms with van der Waals surface area (Å²) in [6.45, 7) is 8.55. The van der Waals surface area contributed by atoms with Crippen molar-refractivity contribution < 1.29 is 0 Å². The van der Waals surface area contributed by atoms with Gasteiger partial charge in [-0.3, -0.25) is 5.43 Å². The Kier molecular flexibility index (Phi) is 4.52. The van der Waals surface area contributed by atoms with E-state index in [1.165, 1.54) is 28.2 Å². The molecular weight excluding hydrogens is 294 g/mol. The van der Waals surface area contributed by atoms with Gasteiger partial charge in [0.1, 0.15) is 0 Å². The second-order valence-electron chi connectivity index (χ2n) is 6.17. The normalized spacial score (nSPS) is 11.2. The molecule has 0 radical (unpaired) electrons. The first-order valence-electron chi connectivity index (χ1n) is 8.17. The zero-order valence-corrected chi connectivity index (χ0v) is 14.7. The van der Waals surface area contributed by atoms with Gasteiger partial charge >= 0.3 is 0 Å². The molecule has 0 unspecified atom stereocenters. The van der Waals surface area contributed by atoms with Crippen LogP contribution in [0, 0.1) is 27.7 Å². The van der Waals surface area contributed by atoms with Crippen LogP contribution in [0.25, 0.3) is 5.69 Å². The number of nitrogens with one attached hydrogen (secondary N) is 1. The molecule has 3 nitrogen and oxygen atoms in total. The number of hydrazone groups is 1. The van der Waals surface area contributed by atoms with Crippen molar-refractivity contribution in [3.63, 3.8) is 0 Å². The predicted molar refractivity (Wildman–Crippen MR) is 102 cm³/mol. The van der Waals surface area contributed by atoms with E-state index in [-0.39, 0.29) is 0 Å². The molecule has 122 valence electrons. The fourth-order valence-corrected chi connectivity index (χ4v) is 2.87. The van der Waals surface area contributed by atoms with E-state index in [4.69, 9.17) is 0 Å². The Bertz CT molecular complexity index is 874. The number of aryl methyl sites for hydroxylation is 3. The highest BCUT2D eigenvalue weighted by atomic mass is 15.3. The van der Waals surface area contributed by atoms with Crippen molar-refractivity contribution in [1.82, 2.24) is 4.57 Å². The Morgan fingerprint density at radius 2 is 1.62 bits per heavy atom. The van der Waals surface area contributed by atoms with Crippen LogP contribution in [0.1, 0.15) is 28.1 Å². The average molecular weight is 317 g/mol. The van der Waals surface area contributed by atoms with Gasteiger partial charge in [0, 0.05) is 22.6 Å². The Morgan fingerprint density at radius 1 is 0.875 bits per heavy atom. The van der Waals surface area contributed by atoms with Gasteiger partial charge in [0.15, 0.2) is 0 Å². The molecule has 2 aromatic carbocycles. The molecule has 0 aliphatic heterocycles. The number of benzene rings is 2. The molecule has 0 fully saturated rings. The Morgan fingerprint density at radius 3 is 2.33 bits per heavy atom. The first-order valence-corrected chi connectivity index (χ1v) is 8.17. The van der Waals surface area contributed by atoms with Crippen LogP contribution in [0.5, 0.6) is 0 Å². The highest BCUT2D eigenvalue weighted by molar-refractivity contribution is 5.82. The Balaban J connectivity index is 1.87. The quantitative estimate of drug-likeness (QED) is 0.523. The first-order chi connectivity index (χ1) is 11.6. The largest absolute Gasteiger partial charge is 0.318 e. The molecule has 3 rings (SSSR count). The Hall–Kier alpha value is -2.81.